The van der Waals surface area contributed by atoms with Crippen LogP contribution in [0.1, 0.15) is 36.8 Å². The van der Waals surface area contributed by atoms with Crippen molar-refractivity contribution in [2.75, 3.05) is 0 Å². The van der Waals surface area contributed by atoms with Crippen molar-refractivity contribution in [2.45, 2.75) is 39.3 Å². The maximum Gasteiger partial charge on any atom is 0.0766 e. The SMILES string of the molecule is CCc1nn(CC)c(CC(N)c2ccc(Cl)cc2Cl)c1Br. The van der Waals surface area contributed by atoms with Crippen molar-refractivity contribution in [3.8, 4) is 0 Å². The summed E-state index contributed by atoms with van der Waals surface area (Å²) >= 11 is 15.8. The molecule has 2 N–H and O–H groups in total. The van der Waals surface area contributed by atoms with Gasteiger partial charge in [-0.2, -0.15) is 5.10 Å². The molecule has 0 saturated carbocycles. The smallest absolute Gasteiger partial charge is 0.0766 e. The third-order valence-corrected chi connectivity index (χ3v) is 4.95. The molecule has 0 spiro atoms. The molecule has 1 heterocycles. The minimum atomic E-state index is -0.197. The van der Waals surface area contributed by atoms with E-state index >= 15 is 0 Å². The van der Waals surface area contributed by atoms with E-state index in [1.54, 1.807) is 6.07 Å². The van der Waals surface area contributed by atoms with Crippen molar-refractivity contribution < 1.29 is 0 Å². The van der Waals surface area contributed by atoms with Gasteiger partial charge in [-0.3, -0.25) is 4.68 Å². The third-order valence-electron chi connectivity index (χ3n) is 3.47. The Morgan fingerprint density at radius 3 is 2.62 bits per heavy atom. The first-order valence-corrected chi connectivity index (χ1v) is 8.47. The summed E-state index contributed by atoms with van der Waals surface area (Å²) in [6, 6.07) is 5.22. The molecular formula is C15H18BrCl2N3. The van der Waals surface area contributed by atoms with E-state index in [2.05, 4.69) is 34.9 Å². The first kappa shape index (κ1) is 16.8. The molecule has 0 amide bonds. The molecule has 2 rings (SSSR count). The minimum Gasteiger partial charge on any atom is -0.324 e. The number of nitrogens with two attached hydrogens (primary N) is 1. The highest BCUT2D eigenvalue weighted by Gasteiger charge is 2.19. The molecule has 0 aliphatic carbocycles. The number of hydrogen-bond donors (Lipinski definition) is 1. The van der Waals surface area contributed by atoms with Crippen LogP contribution < -0.4 is 5.73 Å². The molecule has 114 valence electrons. The minimum absolute atomic E-state index is 0.197. The van der Waals surface area contributed by atoms with Crippen molar-refractivity contribution in [3.63, 3.8) is 0 Å². The molecular weight excluding hydrogens is 373 g/mol. The lowest BCUT2D eigenvalue weighted by molar-refractivity contribution is 0.584. The molecule has 0 saturated heterocycles. The molecule has 0 aliphatic heterocycles. The zero-order valence-electron chi connectivity index (χ0n) is 12.0. The third kappa shape index (κ3) is 3.62. The van der Waals surface area contributed by atoms with Gasteiger partial charge in [0, 0.05) is 29.1 Å². The highest BCUT2D eigenvalue weighted by molar-refractivity contribution is 9.10. The van der Waals surface area contributed by atoms with Gasteiger partial charge < -0.3 is 5.73 Å². The number of hydrogen-bond acceptors (Lipinski definition) is 2. The maximum atomic E-state index is 6.33. The Balaban J connectivity index is 2.31. The van der Waals surface area contributed by atoms with Gasteiger partial charge in [0.25, 0.3) is 0 Å². The summed E-state index contributed by atoms with van der Waals surface area (Å²) in [5.41, 5.74) is 9.39. The largest absolute Gasteiger partial charge is 0.324 e. The van der Waals surface area contributed by atoms with Crippen LogP contribution in [0.15, 0.2) is 22.7 Å². The number of rotatable bonds is 5. The number of aryl methyl sites for hydroxylation is 2. The number of benzene rings is 1. The van der Waals surface area contributed by atoms with Gasteiger partial charge >= 0.3 is 0 Å². The van der Waals surface area contributed by atoms with Gasteiger partial charge in [0.15, 0.2) is 0 Å². The second-order valence-corrected chi connectivity index (χ2v) is 6.49. The van der Waals surface area contributed by atoms with Crippen molar-refractivity contribution >= 4 is 39.1 Å². The van der Waals surface area contributed by atoms with Crippen LogP contribution in [-0.2, 0) is 19.4 Å². The van der Waals surface area contributed by atoms with E-state index in [1.807, 2.05) is 16.8 Å². The van der Waals surface area contributed by atoms with E-state index in [-0.39, 0.29) is 6.04 Å². The van der Waals surface area contributed by atoms with Crippen molar-refractivity contribution in [1.82, 2.24) is 9.78 Å². The summed E-state index contributed by atoms with van der Waals surface area (Å²) in [6.45, 7) is 4.98. The van der Waals surface area contributed by atoms with Crippen LogP contribution in [0.3, 0.4) is 0 Å². The zero-order valence-corrected chi connectivity index (χ0v) is 15.1. The van der Waals surface area contributed by atoms with Crippen LogP contribution in [-0.4, -0.2) is 9.78 Å². The summed E-state index contributed by atoms with van der Waals surface area (Å²) in [5.74, 6) is 0. The maximum absolute atomic E-state index is 6.33. The standard InChI is InChI=1S/C15H18BrCl2N3/c1-3-13-15(16)14(21(4-2)20-13)8-12(19)10-6-5-9(17)7-11(10)18/h5-7,12H,3-4,8,19H2,1-2H3. The van der Waals surface area contributed by atoms with Crippen LogP contribution in [0.5, 0.6) is 0 Å². The highest BCUT2D eigenvalue weighted by Crippen LogP contribution is 2.30. The van der Waals surface area contributed by atoms with Crippen LogP contribution in [0.25, 0.3) is 0 Å². The van der Waals surface area contributed by atoms with Gasteiger partial charge in [-0.25, -0.2) is 0 Å². The Kier molecular flexibility index (Phi) is 5.72. The van der Waals surface area contributed by atoms with Crippen LogP contribution in [0.4, 0.5) is 0 Å². The van der Waals surface area contributed by atoms with Gasteiger partial charge in [-0.15, -0.1) is 0 Å². The van der Waals surface area contributed by atoms with Gasteiger partial charge in [-0.1, -0.05) is 36.2 Å². The van der Waals surface area contributed by atoms with Crippen molar-refractivity contribution in [1.29, 1.82) is 0 Å². The molecule has 1 aromatic heterocycles. The molecule has 1 atom stereocenters. The van der Waals surface area contributed by atoms with Crippen molar-refractivity contribution in [2.24, 2.45) is 5.73 Å². The summed E-state index contributed by atoms with van der Waals surface area (Å²) in [5, 5.41) is 5.81. The van der Waals surface area contributed by atoms with E-state index < -0.39 is 0 Å². The average Bonchev–Trinajstić information content (AvgIpc) is 2.75. The van der Waals surface area contributed by atoms with E-state index in [0.717, 1.165) is 34.4 Å². The Labute approximate surface area is 143 Å². The first-order valence-electron chi connectivity index (χ1n) is 6.92. The molecule has 0 fully saturated rings. The van der Waals surface area contributed by atoms with Crippen LogP contribution in [0, 0.1) is 0 Å². The molecule has 0 aliphatic rings. The average molecular weight is 391 g/mol. The van der Waals surface area contributed by atoms with Gasteiger partial charge in [0.2, 0.25) is 0 Å². The lowest BCUT2D eigenvalue weighted by atomic mass is 10.0. The lowest BCUT2D eigenvalue weighted by Gasteiger charge is -2.15. The second kappa shape index (κ2) is 7.14. The van der Waals surface area contributed by atoms with Crippen molar-refractivity contribution in [3.05, 3.63) is 49.7 Å². The first-order chi connectivity index (χ1) is 9.97. The number of halogens is 3. The quantitative estimate of drug-likeness (QED) is 0.798. The molecule has 2 aromatic rings. The topological polar surface area (TPSA) is 43.8 Å². The highest BCUT2D eigenvalue weighted by atomic mass is 79.9. The Hall–Kier alpha value is -0.550. The molecule has 3 nitrogen and oxygen atoms in total. The molecule has 1 unspecified atom stereocenters. The fourth-order valence-electron chi connectivity index (χ4n) is 2.33. The van der Waals surface area contributed by atoms with Crippen LogP contribution in [0.2, 0.25) is 10.0 Å². The fourth-order valence-corrected chi connectivity index (χ4v) is 3.61. The van der Waals surface area contributed by atoms with E-state index in [0.29, 0.717) is 16.5 Å². The Morgan fingerprint density at radius 1 is 1.33 bits per heavy atom. The van der Waals surface area contributed by atoms with E-state index in [1.165, 1.54) is 0 Å². The van der Waals surface area contributed by atoms with E-state index in [4.69, 9.17) is 28.9 Å². The summed E-state index contributed by atoms with van der Waals surface area (Å²) in [6.07, 6.45) is 1.56. The predicted molar refractivity (Wildman–Crippen MR) is 92.1 cm³/mol. The van der Waals surface area contributed by atoms with Gasteiger partial charge in [-0.05, 0) is 47.0 Å². The molecule has 1 aromatic carbocycles. The normalized spacial score (nSPS) is 12.7. The molecule has 0 bridgehead atoms. The van der Waals surface area contributed by atoms with Gasteiger partial charge in [0.1, 0.15) is 0 Å². The lowest BCUT2D eigenvalue weighted by Crippen LogP contribution is -2.17. The molecule has 6 heteroatoms. The predicted octanol–water partition coefficient (Wildman–Crippen LogP) is 4.78. The van der Waals surface area contributed by atoms with Gasteiger partial charge in [0.05, 0.1) is 15.9 Å². The monoisotopic (exact) mass is 389 g/mol. The number of nitrogens with zero attached hydrogens (tertiary/aromatic N) is 2. The number of aromatic nitrogens is 2. The Bertz CT molecular complexity index is 640. The second-order valence-electron chi connectivity index (χ2n) is 4.85. The van der Waals surface area contributed by atoms with Crippen LogP contribution >= 0.6 is 39.1 Å². The Morgan fingerprint density at radius 2 is 2.05 bits per heavy atom. The molecule has 21 heavy (non-hydrogen) atoms. The summed E-state index contributed by atoms with van der Waals surface area (Å²) in [7, 11) is 0. The fraction of sp³-hybridized carbons (Fsp3) is 0.400. The zero-order chi connectivity index (χ0) is 15.6. The molecule has 0 radical (unpaired) electrons. The summed E-state index contributed by atoms with van der Waals surface area (Å²) in [4.78, 5) is 0. The summed E-state index contributed by atoms with van der Waals surface area (Å²) < 4.78 is 3.04. The van der Waals surface area contributed by atoms with E-state index in [9.17, 15) is 0 Å².